The van der Waals surface area contributed by atoms with Crippen molar-refractivity contribution in [2.45, 2.75) is 26.7 Å². The van der Waals surface area contributed by atoms with E-state index in [4.69, 9.17) is 18.6 Å². The SMILES string of the molecule is CCCOC(=O)c1ccc(Oc2coc3cc(OC(=O)CC)ccc3c2=O)cc1. The molecule has 2 aromatic carbocycles. The molecule has 0 bridgehead atoms. The van der Waals surface area contributed by atoms with Crippen molar-refractivity contribution in [1.29, 1.82) is 0 Å². The fourth-order valence-corrected chi connectivity index (χ4v) is 2.49. The Morgan fingerprint density at radius 1 is 1.00 bits per heavy atom. The van der Waals surface area contributed by atoms with E-state index in [-0.39, 0.29) is 29.2 Å². The summed E-state index contributed by atoms with van der Waals surface area (Å²) >= 11 is 0. The van der Waals surface area contributed by atoms with E-state index >= 15 is 0 Å². The second-order valence-electron chi connectivity index (χ2n) is 6.18. The van der Waals surface area contributed by atoms with Crippen LogP contribution in [0.4, 0.5) is 0 Å². The minimum absolute atomic E-state index is 0.00267. The van der Waals surface area contributed by atoms with Gasteiger partial charge in [0.25, 0.3) is 0 Å². The number of hydrogen-bond donors (Lipinski definition) is 0. The zero-order valence-electron chi connectivity index (χ0n) is 16.1. The molecular formula is C22H20O7. The number of fused-ring (bicyclic) bond motifs is 1. The van der Waals surface area contributed by atoms with Crippen LogP contribution in [-0.4, -0.2) is 18.5 Å². The predicted octanol–water partition coefficient (Wildman–Crippen LogP) is 4.47. The summed E-state index contributed by atoms with van der Waals surface area (Å²) in [6, 6.07) is 10.8. The minimum Gasteiger partial charge on any atom is -0.462 e. The molecule has 0 N–H and O–H groups in total. The molecule has 7 nitrogen and oxygen atoms in total. The van der Waals surface area contributed by atoms with Crippen LogP contribution in [0.1, 0.15) is 37.0 Å². The van der Waals surface area contributed by atoms with Crippen molar-refractivity contribution in [3.05, 3.63) is 64.5 Å². The lowest BCUT2D eigenvalue weighted by atomic mass is 10.2. The van der Waals surface area contributed by atoms with E-state index in [9.17, 15) is 14.4 Å². The predicted molar refractivity (Wildman–Crippen MR) is 105 cm³/mol. The Balaban J connectivity index is 1.79. The number of esters is 2. The quantitative estimate of drug-likeness (QED) is 0.430. The van der Waals surface area contributed by atoms with Gasteiger partial charge in [0, 0.05) is 12.5 Å². The highest BCUT2D eigenvalue weighted by molar-refractivity contribution is 5.89. The summed E-state index contributed by atoms with van der Waals surface area (Å²) in [5.74, 6) is -0.127. The summed E-state index contributed by atoms with van der Waals surface area (Å²) in [4.78, 5) is 35.9. The van der Waals surface area contributed by atoms with Crippen LogP contribution in [0.15, 0.2) is 57.9 Å². The van der Waals surface area contributed by atoms with Crippen molar-refractivity contribution in [2.75, 3.05) is 6.61 Å². The van der Waals surface area contributed by atoms with E-state index in [0.717, 1.165) is 6.42 Å². The summed E-state index contributed by atoms with van der Waals surface area (Å²) in [6.07, 6.45) is 2.18. The zero-order chi connectivity index (χ0) is 20.8. The molecule has 0 amide bonds. The third kappa shape index (κ3) is 4.82. The lowest BCUT2D eigenvalue weighted by Crippen LogP contribution is -2.07. The molecular weight excluding hydrogens is 376 g/mol. The van der Waals surface area contributed by atoms with Crippen LogP contribution < -0.4 is 14.9 Å². The Labute approximate surface area is 166 Å². The summed E-state index contributed by atoms with van der Waals surface area (Å²) in [6.45, 7) is 3.96. The van der Waals surface area contributed by atoms with Crippen LogP contribution in [0.3, 0.4) is 0 Å². The molecule has 0 saturated carbocycles. The van der Waals surface area contributed by atoms with Crippen molar-refractivity contribution in [3.8, 4) is 17.2 Å². The molecule has 1 aromatic heterocycles. The fraction of sp³-hybridized carbons (Fsp3) is 0.227. The molecule has 1 heterocycles. The second kappa shape index (κ2) is 9.05. The number of ether oxygens (including phenoxy) is 3. The van der Waals surface area contributed by atoms with Gasteiger partial charge in [-0.2, -0.15) is 0 Å². The van der Waals surface area contributed by atoms with E-state index in [2.05, 4.69) is 0 Å². The van der Waals surface area contributed by atoms with E-state index in [1.54, 1.807) is 31.2 Å². The van der Waals surface area contributed by atoms with Crippen LogP contribution in [-0.2, 0) is 9.53 Å². The molecule has 29 heavy (non-hydrogen) atoms. The molecule has 0 aliphatic rings. The monoisotopic (exact) mass is 396 g/mol. The van der Waals surface area contributed by atoms with Crippen LogP contribution in [0, 0.1) is 0 Å². The summed E-state index contributed by atoms with van der Waals surface area (Å²) in [5.41, 5.74) is 0.300. The van der Waals surface area contributed by atoms with E-state index < -0.39 is 5.97 Å². The van der Waals surface area contributed by atoms with Crippen LogP contribution >= 0.6 is 0 Å². The highest BCUT2D eigenvalue weighted by Gasteiger charge is 2.12. The first-order chi connectivity index (χ1) is 14.0. The van der Waals surface area contributed by atoms with Crippen molar-refractivity contribution in [3.63, 3.8) is 0 Å². The Bertz CT molecular complexity index is 1080. The first-order valence-electron chi connectivity index (χ1n) is 9.23. The Morgan fingerprint density at radius 2 is 1.72 bits per heavy atom. The normalized spacial score (nSPS) is 10.6. The van der Waals surface area contributed by atoms with Crippen molar-refractivity contribution in [2.24, 2.45) is 0 Å². The third-order valence-electron chi connectivity index (χ3n) is 3.99. The summed E-state index contributed by atoms with van der Waals surface area (Å²) in [7, 11) is 0. The maximum absolute atomic E-state index is 12.6. The molecule has 0 radical (unpaired) electrons. The first kappa shape index (κ1) is 20.1. The molecule has 0 aliphatic heterocycles. The van der Waals surface area contributed by atoms with E-state index in [1.807, 2.05) is 6.92 Å². The molecule has 7 heteroatoms. The standard InChI is InChI=1S/C22H20O7/c1-3-11-26-22(25)14-5-7-15(8-6-14)28-19-13-27-18-12-16(29-20(23)4-2)9-10-17(18)21(19)24/h5-10,12-13H,3-4,11H2,1-2H3. The maximum Gasteiger partial charge on any atom is 0.338 e. The molecule has 0 fully saturated rings. The van der Waals surface area contributed by atoms with Gasteiger partial charge in [0.05, 0.1) is 17.6 Å². The summed E-state index contributed by atoms with van der Waals surface area (Å²) in [5, 5.41) is 0.290. The van der Waals surface area contributed by atoms with Gasteiger partial charge in [-0.05, 0) is 42.8 Å². The van der Waals surface area contributed by atoms with E-state index in [0.29, 0.717) is 29.1 Å². The van der Waals surface area contributed by atoms with Crippen molar-refractivity contribution >= 4 is 22.9 Å². The lowest BCUT2D eigenvalue weighted by Gasteiger charge is -2.08. The molecule has 0 atom stereocenters. The van der Waals surface area contributed by atoms with Gasteiger partial charge in [-0.3, -0.25) is 9.59 Å². The molecule has 0 saturated heterocycles. The van der Waals surface area contributed by atoms with Crippen molar-refractivity contribution in [1.82, 2.24) is 0 Å². The number of carbonyl (C=O) groups is 2. The topological polar surface area (TPSA) is 92.0 Å². The second-order valence-corrected chi connectivity index (χ2v) is 6.18. The molecule has 3 rings (SSSR count). The molecule has 0 aliphatic carbocycles. The van der Waals surface area contributed by atoms with Gasteiger partial charge in [0.2, 0.25) is 11.2 Å². The van der Waals surface area contributed by atoms with Crippen LogP contribution in [0.2, 0.25) is 0 Å². The van der Waals surface area contributed by atoms with Gasteiger partial charge in [-0.15, -0.1) is 0 Å². The van der Waals surface area contributed by atoms with Gasteiger partial charge < -0.3 is 18.6 Å². The van der Waals surface area contributed by atoms with Crippen LogP contribution in [0.25, 0.3) is 11.0 Å². The molecule has 0 spiro atoms. The average Bonchev–Trinajstić information content (AvgIpc) is 2.74. The van der Waals surface area contributed by atoms with Crippen LogP contribution in [0.5, 0.6) is 17.2 Å². The highest BCUT2D eigenvalue weighted by Crippen LogP contribution is 2.24. The van der Waals surface area contributed by atoms with Gasteiger partial charge in [-0.25, -0.2) is 4.79 Å². The van der Waals surface area contributed by atoms with Gasteiger partial charge >= 0.3 is 11.9 Å². The minimum atomic E-state index is -0.414. The van der Waals surface area contributed by atoms with Gasteiger partial charge in [0.1, 0.15) is 23.3 Å². The summed E-state index contributed by atoms with van der Waals surface area (Å²) < 4.78 is 21.3. The van der Waals surface area contributed by atoms with Crippen molar-refractivity contribution < 1.29 is 28.2 Å². The lowest BCUT2D eigenvalue weighted by molar-refractivity contribution is -0.134. The third-order valence-corrected chi connectivity index (χ3v) is 3.99. The highest BCUT2D eigenvalue weighted by atomic mass is 16.5. The number of benzene rings is 2. The Kier molecular flexibility index (Phi) is 6.29. The zero-order valence-corrected chi connectivity index (χ0v) is 16.1. The maximum atomic E-state index is 12.6. The smallest absolute Gasteiger partial charge is 0.338 e. The number of rotatable bonds is 7. The Morgan fingerprint density at radius 3 is 2.41 bits per heavy atom. The first-order valence-corrected chi connectivity index (χ1v) is 9.23. The number of carbonyl (C=O) groups excluding carboxylic acids is 2. The van der Waals surface area contributed by atoms with Gasteiger partial charge in [-0.1, -0.05) is 13.8 Å². The number of hydrogen-bond acceptors (Lipinski definition) is 7. The largest absolute Gasteiger partial charge is 0.462 e. The fourth-order valence-electron chi connectivity index (χ4n) is 2.49. The molecule has 0 unspecified atom stereocenters. The molecule has 3 aromatic rings. The molecule has 150 valence electrons. The Hall–Kier alpha value is -3.61. The van der Waals surface area contributed by atoms with Gasteiger partial charge in [0.15, 0.2) is 0 Å². The average molecular weight is 396 g/mol. The van der Waals surface area contributed by atoms with E-state index in [1.165, 1.54) is 24.5 Å².